The average Bonchev–Trinajstić information content (AvgIpc) is 2.31. The molecule has 0 amide bonds. The van der Waals surface area contributed by atoms with E-state index >= 15 is 0 Å². The Morgan fingerprint density at radius 3 is 2.39 bits per heavy atom. The minimum absolute atomic E-state index is 0.137. The molecule has 5 heteroatoms. The number of rotatable bonds is 2. The second kappa shape index (κ2) is 4.44. The van der Waals surface area contributed by atoms with E-state index in [9.17, 15) is 13.0 Å². The largest absolute Gasteiger partial charge is 0.398 e. The average molecular weight is 263 g/mol. The predicted octanol–water partition coefficient (Wildman–Crippen LogP) is 2.49. The Morgan fingerprint density at radius 1 is 1.06 bits per heavy atom. The van der Waals surface area contributed by atoms with Crippen molar-refractivity contribution in [3.63, 3.8) is 0 Å². The smallest absolute Gasteiger partial charge is 0.295 e. The van der Waals surface area contributed by atoms with E-state index in [2.05, 4.69) is 0 Å². The van der Waals surface area contributed by atoms with E-state index in [1.807, 2.05) is 13.0 Å². The van der Waals surface area contributed by atoms with Crippen molar-refractivity contribution in [3.05, 3.63) is 48.0 Å². The number of hydrogen-bond acceptors (Lipinski definition) is 3. The molecular formula is C13H13NO3S. The van der Waals surface area contributed by atoms with Gasteiger partial charge in [0.05, 0.1) is 0 Å². The van der Waals surface area contributed by atoms with E-state index in [1.165, 1.54) is 6.07 Å². The molecule has 0 aliphatic rings. The SMILES string of the molecule is Cc1ccc(N)c(-c2ccccc2S(=O)(=O)O)c1. The molecule has 0 saturated heterocycles. The van der Waals surface area contributed by atoms with Crippen molar-refractivity contribution >= 4 is 15.8 Å². The Kier molecular flexibility index (Phi) is 3.11. The normalized spacial score (nSPS) is 11.4. The second-order valence-corrected chi connectivity index (χ2v) is 5.45. The lowest BCUT2D eigenvalue weighted by Crippen LogP contribution is -2.02. The van der Waals surface area contributed by atoms with Crippen LogP contribution < -0.4 is 5.73 Å². The van der Waals surface area contributed by atoms with Crippen molar-refractivity contribution in [1.82, 2.24) is 0 Å². The minimum atomic E-state index is -4.27. The van der Waals surface area contributed by atoms with E-state index in [1.54, 1.807) is 30.3 Å². The molecule has 18 heavy (non-hydrogen) atoms. The highest BCUT2D eigenvalue weighted by atomic mass is 32.2. The van der Waals surface area contributed by atoms with Gasteiger partial charge in [0, 0.05) is 16.8 Å². The van der Waals surface area contributed by atoms with Crippen molar-refractivity contribution in [1.29, 1.82) is 0 Å². The maximum absolute atomic E-state index is 11.3. The summed E-state index contributed by atoms with van der Waals surface area (Å²) < 4.78 is 31.9. The molecule has 0 atom stereocenters. The fourth-order valence-electron chi connectivity index (χ4n) is 1.82. The summed E-state index contributed by atoms with van der Waals surface area (Å²) in [4.78, 5) is -0.137. The fourth-order valence-corrected chi connectivity index (χ4v) is 2.52. The van der Waals surface area contributed by atoms with E-state index in [0.29, 0.717) is 16.8 Å². The van der Waals surface area contributed by atoms with Gasteiger partial charge in [0.2, 0.25) is 0 Å². The van der Waals surface area contributed by atoms with Crippen LogP contribution in [0.15, 0.2) is 47.4 Å². The zero-order valence-electron chi connectivity index (χ0n) is 9.79. The van der Waals surface area contributed by atoms with Crippen molar-refractivity contribution in [2.45, 2.75) is 11.8 Å². The first-order chi connectivity index (χ1) is 8.39. The molecule has 0 spiro atoms. The van der Waals surface area contributed by atoms with Crippen LogP contribution in [0.25, 0.3) is 11.1 Å². The summed E-state index contributed by atoms with van der Waals surface area (Å²) >= 11 is 0. The van der Waals surface area contributed by atoms with Crippen LogP contribution in [0.2, 0.25) is 0 Å². The van der Waals surface area contributed by atoms with Crippen LogP contribution in [-0.2, 0) is 10.1 Å². The molecule has 0 saturated carbocycles. The molecule has 2 aromatic rings. The lowest BCUT2D eigenvalue weighted by Gasteiger charge is -2.10. The zero-order chi connectivity index (χ0) is 13.3. The quantitative estimate of drug-likeness (QED) is 0.644. The van der Waals surface area contributed by atoms with Crippen molar-refractivity contribution in [2.24, 2.45) is 0 Å². The molecule has 0 heterocycles. The van der Waals surface area contributed by atoms with Gasteiger partial charge in [-0.2, -0.15) is 8.42 Å². The van der Waals surface area contributed by atoms with Gasteiger partial charge >= 0.3 is 0 Å². The van der Waals surface area contributed by atoms with Gasteiger partial charge in [-0.25, -0.2) is 0 Å². The first-order valence-electron chi connectivity index (χ1n) is 5.32. The Bertz CT molecular complexity index is 693. The summed E-state index contributed by atoms with van der Waals surface area (Å²) in [5, 5.41) is 0. The summed E-state index contributed by atoms with van der Waals surface area (Å²) in [6, 6.07) is 11.6. The molecule has 3 N–H and O–H groups in total. The lowest BCUT2D eigenvalue weighted by molar-refractivity contribution is 0.483. The molecule has 0 aromatic heterocycles. The Balaban J connectivity index is 2.76. The summed E-state index contributed by atoms with van der Waals surface area (Å²) in [6.45, 7) is 1.89. The van der Waals surface area contributed by atoms with Gasteiger partial charge in [-0.1, -0.05) is 29.8 Å². The van der Waals surface area contributed by atoms with Gasteiger partial charge in [-0.15, -0.1) is 0 Å². The highest BCUT2D eigenvalue weighted by Gasteiger charge is 2.17. The van der Waals surface area contributed by atoms with E-state index < -0.39 is 10.1 Å². The molecule has 0 unspecified atom stereocenters. The Hall–Kier alpha value is -1.85. The van der Waals surface area contributed by atoms with E-state index in [4.69, 9.17) is 5.73 Å². The maximum Gasteiger partial charge on any atom is 0.295 e. The van der Waals surface area contributed by atoms with Crippen molar-refractivity contribution in [2.75, 3.05) is 5.73 Å². The fraction of sp³-hybridized carbons (Fsp3) is 0.0769. The Morgan fingerprint density at radius 2 is 1.72 bits per heavy atom. The van der Waals surface area contributed by atoms with Gasteiger partial charge < -0.3 is 5.73 Å². The minimum Gasteiger partial charge on any atom is -0.398 e. The van der Waals surface area contributed by atoms with Gasteiger partial charge in [0.15, 0.2) is 0 Å². The maximum atomic E-state index is 11.3. The number of nitrogen functional groups attached to an aromatic ring is 1. The molecule has 2 aromatic carbocycles. The highest BCUT2D eigenvalue weighted by molar-refractivity contribution is 7.86. The van der Waals surface area contributed by atoms with Crippen LogP contribution in [0, 0.1) is 6.92 Å². The third-order valence-corrected chi connectivity index (χ3v) is 3.58. The van der Waals surface area contributed by atoms with E-state index in [0.717, 1.165) is 5.56 Å². The molecule has 0 aliphatic heterocycles. The second-order valence-electron chi connectivity index (χ2n) is 4.06. The number of anilines is 1. The van der Waals surface area contributed by atoms with Gasteiger partial charge in [0.25, 0.3) is 10.1 Å². The molecule has 0 bridgehead atoms. The predicted molar refractivity (Wildman–Crippen MR) is 70.8 cm³/mol. The molecule has 0 radical (unpaired) electrons. The summed E-state index contributed by atoms with van der Waals surface area (Å²) in [5.41, 5.74) is 8.29. The highest BCUT2D eigenvalue weighted by Crippen LogP contribution is 2.31. The molecule has 2 rings (SSSR count). The van der Waals surface area contributed by atoms with Crippen LogP contribution in [0.3, 0.4) is 0 Å². The van der Waals surface area contributed by atoms with Crippen LogP contribution in [0.1, 0.15) is 5.56 Å². The van der Waals surface area contributed by atoms with Gasteiger partial charge in [-0.05, 0) is 25.1 Å². The van der Waals surface area contributed by atoms with Crippen LogP contribution in [0.5, 0.6) is 0 Å². The summed E-state index contributed by atoms with van der Waals surface area (Å²) in [7, 11) is -4.27. The zero-order valence-corrected chi connectivity index (χ0v) is 10.6. The number of benzene rings is 2. The van der Waals surface area contributed by atoms with Crippen LogP contribution in [0.4, 0.5) is 5.69 Å². The summed E-state index contributed by atoms with van der Waals surface area (Å²) in [5.74, 6) is 0. The van der Waals surface area contributed by atoms with Crippen LogP contribution >= 0.6 is 0 Å². The third-order valence-electron chi connectivity index (χ3n) is 2.66. The van der Waals surface area contributed by atoms with Crippen molar-refractivity contribution < 1.29 is 13.0 Å². The number of aryl methyl sites for hydroxylation is 1. The molecule has 94 valence electrons. The van der Waals surface area contributed by atoms with E-state index in [-0.39, 0.29) is 4.90 Å². The summed E-state index contributed by atoms with van der Waals surface area (Å²) in [6.07, 6.45) is 0. The van der Waals surface area contributed by atoms with Crippen molar-refractivity contribution in [3.8, 4) is 11.1 Å². The number of hydrogen-bond donors (Lipinski definition) is 2. The first-order valence-corrected chi connectivity index (χ1v) is 6.76. The standard InChI is InChI=1S/C13H13NO3S/c1-9-6-7-12(14)11(8-9)10-4-2-3-5-13(10)18(15,16)17/h2-8H,14H2,1H3,(H,15,16,17). The molecule has 0 aliphatic carbocycles. The molecular weight excluding hydrogens is 250 g/mol. The number of nitrogens with two attached hydrogens (primary N) is 1. The first kappa shape index (κ1) is 12.6. The van der Waals surface area contributed by atoms with Gasteiger partial charge in [-0.3, -0.25) is 4.55 Å². The third kappa shape index (κ3) is 2.37. The molecule has 0 fully saturated rings. The lowest BCUT2D eigenvalue weighted by atomic mass is 10.0. The molecule has 4 nitrogen and oxygen atoms in total. The monoisotopic (exact) mass is 263 g/mol. The topological polar surface area (TPSA) is 80.4 Å². The van der Waals surface area contributed by atoms with Crippen LogP contribution in [-0.4, -0.2) is 13.0 Å². The Labute approximate surface area is 106 Å². The van der Waals surface area contributed by atoms with Gasteiger partial charge in [0.1, 0.15) is 4.90 Å².